The smallest absolute Gasteiger partial charge is 0.303 e. The lowest BCUT2D eigenvalue weighted by Crippen LogP contribution is -2.60. The van der Waals surface area contributed by atoms with Crippen LogP contribution in [0.5, 0.6) is 0 Å². The number of rotatable bonds is 3. The predicted molar refractivity (Wildman–Crippen MR) is 143 cm³/mol. The number of fused-ring (bicyclic) bond motifs is 4. The first-order valence-corrected chi connectivity index (χ1v) is 15.4. The van der Waals surface area contributed by atoms with Gasteiger partial charge in [0, 0.05) is 24.2 Å². The molecule has 5 nitrogen and oxygen atoms in total. The van der Waals surface area contributed by atoms with Crippen molar-refractivity contribution in [3.8, 4) is 0 Å². The zero-order valence-corrected chi connectivity index (χ0v) is 25.2. The van der Waals surface area contributed by atoms with E-state index in [-0.39, 0.29) is 46.3 Å². The Labute approximate surface area is 232 Å². The summed E-state index contributed by atoms with van der Waals surface area (Å²) in [6.45, 7) is 15.1. The van der Waals surface area contributed by atoms with Gasteiger partial charge >= 0.3 is 5.97 Å². The van der Waals surface area contributed by atoms with Gasteiger partial charge in [-0.15, -0.1) is 0 Å². The summed E-state index contributed by atoms with van der Waals surface area (Å²) in [5.41, 5.74) is -2.83. The van der Waals surface area contributed by atoms with E-state index in [0.717, 1.165) is 32.1 Å². The van der Waals surface area contributed by atoms with Crippen LogP contribution in [0.4, 0.5) is 8.78 Å². The maximum atomic E-state index is 15.2. The summed E-state index contributed by atoms with van der Waals surface area (Å²) in [5, 5.41) is 23.2. The summed E-state index contributed by atoms with van der Waals surface area (Å²) >= 11 is 0. The van der Waals surface area contributed by atoms with Crippen LogP contribution in [-0.4, -0.2) is 52.1 Å². The van der Waals surface area contributed by atoms with Crippen LogP contribution in [0.15, 0.2) is 0 Å². The number of carbonyl (C=O) groups excluding carboxylic acids is 1. The molecular weight excluding hydrogens is 502 g/mol. The molecule has 0 radical (unpaired) electrons. The third-order valence-corrected chi connectivity index (χ3v) is 14.2. The van der Waals surface area contributed by atoms with E-state index in [1.54, 1.807) is 27.7 Å². The number of carbonyl (C=O) groups is 1. The molecular formula is C32H50F2O5. The Hall–Kier alpha value is -0.790. The Kier molecular flexibility index (Phi) is 5.80. The Balaban J connectivity index is 1.35. The van der Waals surface area contributed by atoms with E-state index in [2.05, 4.69) is 20.8 Å². The fraction of sp³-hybridized carbons (Fsp3) is 0.969. The quantitative estimate of drug-likeness (QED) is 0.412. The lowest BCUT2D eigenvalue weighted by Gasteiger charge is -2.63. The molecule has 0 aromatic rings. The first-order chi connectivity index (χ1) is 17.8. The molecule has 1 saturated heterocycles. The molecule has 0 aromatic carbocycles. The first kappa shape index (κ1) is 28.3. The van der Waals surface area contributed by atoms with Gasteiger partial charge in [0.1, 0.15) is 0 Å². The Bertz CT molecular complexity index is 1050. The summed E-state index contributed by atoms with van der Waals surface area (Å²) in [6.07, 6.45) is 3.50. The zero-order valence-electron chi connectivity index (χ0n) is 25.2. The monoisotopic (exact) mass is 552 g/mol. The second kappa shape index (κ2) is 7.98. The molecule has 12 atom stereocenters. The lowest BCUT2D eigenvalue weighted by molar-refractivity contribution is -0.223. The summed E-state index contributed by atoms with van der Waals surface area (Å²) in [7, 11) is 0. The second-order valence-corrected chi connectivity index (χ2v) is 16.3. The van der Waals surface area contributed by atoms with Crippen molar-refractivity contribution < 1.29 is 33.3 Å². The van der Waals surface area contributed by atoms with Crippen molar-refractivity contribution >= 4 is 5.97 Å². The van der Waals surface area contributed by atoms with Gasteiger partial charge in [-0.1, -0.05) is 34.6 Å². The van der Waals surface area contributed by atoms with Gasteiger partial charge in [-0.2, -0.15) is 0 Å². The standard InChI is InChI=1S/C32H50F2O5/c1-17-15-19(25(27(5,6)37)38-18(2)35)39-23-22(17)28(7)11-12-31-16-30(31)13-14-32(33,34)26(3,4)20(30)9-10-21(31)29(28,8)24(23)36/h17,19-25,36-37H,9-16H2,1-8H3/t17-,19-,20?,21+,22+,23+,24+,25+,28-,29-,30-,31+/m1/s1. The van der Waals surface area contributed by atoms with Crippen LogP contribution >= 0.6 is 0 Å². The highest BCUT2D eigenvalue weighted by atomic mass is 19.3. The van der Waals surface area contributed by atoms with E-state index in [1.165, 1.54) is 6.92 Å². The molecule has 222 valence electrons. The Morgan fingerprint density at radius 3 is 2.23 bits per heavy atom. The van der Waals surface area contributed by atoms with Crippen LogP contribution in [-0.2, 0) is 14.3 Å². The number of aliphatic hydroxyl groups is 2. The Morgan fingerprint density at radius 2 is 1.62 bits per heavy atom. The largest absolute Gasteiger partial charge is 0.457 e. The van der Waals surface area contributed by atoms with Crippen molar-refractivity contribution in [1.82, 2.24) is 0 Å². The molecule has 2 N–H and O–H groups in total. The number of hydrogen-bond acceptors (Lipinski definition) is 5. The second-order valence-electron chi connectivity index (χ2n) is 16.3. The molecule has 6 rings (SSSR count). The highest BCUT2D eigenvalue weighted by molar-refractivity contribution is 5.66. The van der Waals surface area contributed by atoms with E-state index in [0.29, 0.717) is 12.8 Å². The molecule has 39 heavy (non-hydrogen) atoms. The number of alkyl halides is 2. The minimum Gasteiger partial charge on any atom is -0.457 e. The van der Waals surface area contributed by atoms with Crippen molar-refractivity contribution in [2.75, 3.05) is 0 Å². The number of ether oxygens (including phenoxy) is 2. The molecule has 5 saturated carbocycles. The van der Waals surface area contributed by atoms with E-state index in [4.69, 9.17) is 9.47 Å². The molecule has 0 amide bonds. The van der Waals surface area contributed by atoms with Crippen molar-refractivity contribution in [1.29, 1.82) is 0 Å². The number of aliphatic hydroxyl groups excluding tert-OH is 1. The van der Waals surface area contributed by atoms with Crippen molar-refractivity contribution in [2.24, 2.45) is 50.7 Å². The van der Waals surface area contributed by atoms with Gasteiger partial charge in [-0.3, -0.25) is 4.79 Å². The molecule has 7 heteroatoms. The van der Waals surface area contributed by atoms with Gasteiger partial charge in [0.15, 0.2) is 6.10 Å². The molecule has 2 spiro atoms. The molecule has 1 heterocycles. The number of hydrogen-bond donors (Lipinski definition) is 2. The average Bonchev–Trinajstić information content (AvgIpc) is 3.45. The fourth-order valence-corrected chi connectivity index (χ4v) is 12.3. The molecule has 0 bridgehead atoms. The average molecular weight is 553 g/mol. The van der Waals surface area contributed by atoms with E-state index in [9.17, 15) is 15.0 Å². The summed E-state index contributed by atoms with van der Waals surface area (Å²) in [5.74, 6) is -2.44. The van der Waals surface area contributed by atoms with Crippen molar-refractivity contribution in [2.45, 2.75) is 143 Å². The van der Waals surface area contributed by atoms with Gasteiger partial charge in [0.05, 0.1) is 23.9 Å². The van der Waals surface area contributed by atoms with Gasteiger partial charge in [0.2, 0.25) is 0 Å². The third-order valence-electron chi connectivity index (χ3n) is 14.2. The van der Waals surface area contributed by atoms with Gasteiger partial charge < -0.3 is 19.7 Å². The van der Waals surface area contributed by atoms with Gasteiger partial charge in [-0.05, 0) is 98.7 Å². The normalized spacial score (nSPS) is 53.8. The maximum Gasteiger partial charge on any atom is 0.303 e. The fourth-order valence-electron chi connectivity index (χ4n) is 12.3. The highest BCUT2D eigenvalue weighted by Gasteiger charge is 2.85. The topological polar surface area (TPSA) is 76.0 Å². The Morgan fingerprint density at radius 1 is 1.03 bits per heavy atom. The number of halogens is 2. The summed E-state index contributed by atoms with van der Waals surface area (Å²) < 4.78 is 42.7. The first-order valence-electron chi connectivity index (χ1n) is 15.4. The van der Waals surface area contributed by atoms with Crippen molar-refractivity contribution in [3.05, 3.63) is 0 Å². The van der Waals surface area contributed by atoms with Crippen LogP contribution < -0.4 is 0 Å². The lowest BCUT2D eigenvalue weighted by atomic mass is 9.41. The molecule has 0 aromatic heterocycles. The molecule has 6 aliphatic rings. The molecule has 6 fully saturated rings. The van der Waals surface area contributed by atoms with Gasteiger partial charge in [-0.25, -0.2) is 8.78 Å². The van der Waals surface area contributed by atoms with Crippen molar-refractivity contribution in [3.63, 3.8) is 0 Å². The molecule has 1 aliphatic heterocycles. The van der Waals surface area contributed by atoms with Gasteiger partial charge in [0.25, 0.3) is 5.92 Å². The highest BCUT2D eigenvalue weighted by Crippen LogP contribution is 2.90. The zero-order chi connectivity index (χ0) is 28.8. The third kappa shape index (κ3) is 3.25. The minimum atomic E-state index is -2.63. The predicted octanol–water partition coefficient (Wildman–Crippen LogP) is 6.14. The number of esters is 1. The SMILES string of the molecule is CC(=O)O[C@@H]([C@H]1C[C@@H](C)[C@H]2[C@H](O1)[C@H](O)[C@@]1(C)[C@@H]3CCC4C(C)(C)C(F)(F)CC[C@@]45C[C@@]35CC[C@]21C)C(C)(C)O. The van der Waals surface area contributed by atoms with Crippen LogP contribution in [0.2, 0.25) is 0 Å². The summed E-state index contributed by atoms with van der Waals surface area (Å²) in [6, 6.07) is 0. The summed E-state index contributed by atoms with van der Waals surface area (Å²) in [4.78, 5) is 11.9. The van der Waals surface area contributed by atoms with E-state index < -0.39 is 52.7 Å². The molecule has 1 unspecified atom stereocenters. The van der Waals surface area contributed by atoms with E-state index >= 15 is 8.78 Å². The van der Waals surface area contributed by atoms with Crippen LogP contribution in [0, 0.1) is 50.7 Å². The van der Waals surface area contributed by atoms with Crippen LogP contribution in [0.3, 0.4) is 0 Å². The van der Waals surface area contributed by atoms with Crippen LogP contribution in [0.25, 0.3) is 0 Å². The van der Waals surface area contributed by atoms with Crippen LogP contribution in [0.1, 0.15) is 107 Å². The maximum absolute atomic E-state index is 15.2. The molecule has 5 aliphatic carbocycles. The minimum absolute atomic E-state index is 0.0228. The van der Waals surface area contributed by atoms with E-state index in [1.807, 2.05) is 0 Å².